The Bertz CT molecular complexity index is 881. The zero-order valence-corrected chi connectivity index (χ0v) is 17.9. The first kappa shape index (κ1) is 24.2. The molecule has 0 atom stereocenters. The van der Waals surface area contributed by atoms with Crippen LogP contribution < -0.4 is 0 Å². The number of fused-ring (bicyclic) bond motifs is 3. The number of phenols is 1. The first-order chi connectivity index (χ1) is 10.6. The van der Waals surface area contributed by atoms with E-state index in [1.54, 1.807) is 6.07 Å². The molecule has 0 aliphatic heterocycles. The monoisotopic (exact) mass is 379 g/mol. The van der Waals surface area contributed by atoms with Crippen molar-refractivity contribution in [3.63, 3.8) is 0 Å². The third-order valence-electron chi connectivity index (χ3n) is 4.80. The van der Waals surface area contributed by atoms with Crippen molar-refractivity contribution in [2.45, 2.75) is 19.3 Å². The number of hydrogen-bond donors (Lipinski definition) is 1. The van der Waals surface area contributed by atoms with E-state index in [9.17, 15) is 5.11 Å². The van der Waals surface area contributed by atoms with Crippen molar-refractivity contribution in [3.05, 3.63) is 100 Å². The van der Waals surface area contributed by atoms with Gasteiger partial charge in [0.15, 0.2) is 0 Å². The van der Waals surface area contributed by atoms with Crippen LogP contribution in [0.5, 0.6) is 5.75 Å². The van der Waals surface area contributed by atoms with Crippen molar-refractivity contribution < 1.29 is 26.8 Å². The Morgan fingerprint density at radius 3 is 1.85 bits per heavy atom. The van der Waals surface area contributed by atoms with Gasteiger partial charge in [-0.15, -0.1) is 0 Å². The molecule has 0 bridgehead atoms. The fourth-order valence-corrected chi connectivity index (χ4v) is 3.59. The van der Waals surface area contributed by atoms with Crippen LogP contribution in [-0.2, 0) is 27.1 Å². The Hall–Kier alpha value is -1.83. The molecule has 1 aliphatic rings. The van der Waals surface area contributed by atoms with Gasteiger partial charge in [0.1, 0.15) is 5.75 Å². The Morgan fingerprint density at radius 2 is 1.19 bits per heavy atom. The van der Waals surface area contributed by atoms with Crippen molar-refractivity contribution in [2.75, 3.05) is 0 Å². The summed E-state index contributed by atoms with van der Waals surface area (Å²) >= 11 is 0. The van der Waals surface area contributed by atoms with Crippen molar-refractivity contribution in [2.24, 2.45) is 0 Å². The standard InChI is InChI=1S/C21H18O.3CH3.Ti/c1-21(2)18-9-5-3-8-16(18)17-12-11-14(13-19(17)21)15-7-4-6-10-20(15)22;;;;/h3-13,22H,1-2H3;3*1H3;/q;3*-1;+3. The molecule has 1 nitrogen and oxygen atoms in total. The smallest absolute Gasteiger partial charge is 0.507 e. The molecule has 2 heteroatoms. The normalized spacial score (nSPS) is 12.2. The average molecular weight is 379 g/mol. The number of hydrogen-bond acceptors (Lipinski definition) is 1. The zero-order valence-electron chi connectivity index (χ0n) is 16.3. The molecule has 0 amide bonds. The van der Waals surface area contributed by atoms with E-state index in [1.165, 1.54) is 22.3 Å². The van der Waals surface area contributed by atoms with E-state index < -0.39 is 0 Å². The molecule has 0 saturated carbocycles. The molecule has 1 radical (unpaired) electrons. The quantitative estimate of drug-likeness (QED) is 0.368. The van der Waals surface area contributed by atoms with E-state index in [0.29, 0.717) is 5.75 Å². The third kappa shape index (κ3) is 3.52. The number of phenolic OH excluding ortho intramolecular Hbond substituents is 1. The predicted molar refractivity (Wildman–Crippen MR) is 110 cm³/mol. The number of para-hydroxylation sites is 1. The Morgan fingerprint density at radius 1 is 0.654 bits per heavy atom. The van der Waals surface area contributed by atoms with Gasteiger partial charge in [-0.05, 0) is 39.9 Å². The number of rotatable bonds is 1. The summed E-state index contributed by atoms with van der Waals surface area (Å²) in [6.07, 6.45) is 0. The van der Waals surface area contributed by atoms with E-state index in [2.05, 4.69) is 56.3 Å². The molecule has 1 aliphatic carbocycles. The number of aromatic hydroxyl groups is 1. The van der Waals surface area contributed by atoms with Gasteiger partial charge in [0.2, 0.25) is 0 Å². The van der Waals surface area contributed by atoms with Crippen molar-refractivity contribution in [1.82, 2.24) is 0 Å². The van der Waals surface area contributed by atoms with Gasteiger partial charge in [-0.1, -0.05) is 68.4 Å². The second kappa shape index (κ2) is 8.71. The van der Waals surface area contributed by atoms with Gasteiger partial charge in [0.05, 0.1) is 0 Å². The maximum absolute atomic E-state index is 10.1. The molecule has 0 saturated heterocycles. The van der Waals surface area contributed by atoms with E-state index in [-0.39, 0.29) is 49.4 Å². The van der Waals surface area contributed by atoms with Gasteiger partial charge < -0.3 is 27.4 Å². The summed E-state index contributed by atoms with van der Waals surface area (Å²) in [7, 11) is 0. The minimum absolute atomic E-state index is 0. The maximum Gasteiger partial charge on any atom is 3.00 e. The third-order valence-corrected chi connectivity index (χ3v) is 4.80. The van der Waals surface area contributed by atoms with E-state index in [0.717, 1.165) is 11.1 Å². The summed E-state index contributed by atoms with van der Waals surface area (Å²) in [6, 6.07) is 22.7. The van der Waals surface area contributed by atoms with E-state index in [1.807, 2.05) is 18.2 Å². The molecule has 26 heavy (non-hydrogen) atoms. The topological polar surface area (TPSA) is 20.2 Å². The fourth-order valence-electron chi connectivity index (χ4n) is 3.59. The van der Waals surface area contributed by atoms with Gasteiger partial charge >= 0.3 is 21.7 Å². The maximum atomic E-state index is 10.1. The minimum atomic E-state index is -0.00760. The first-order valence-corrected chi connectivity index (χ1v) is 7.62. The molecule has 133 valence electrons. The molecule has 1 N–H and O–H groups in total. The van der Waals surface area contributed by atoms with Gasteiger partial charge in [-0.2, -0.15) is 0 Å². The van der Waals surface area contributed by atoms with Crippen LogP contribution in [0.15, 0.2) is 66.7 Å². The van der Waals surface area contributed by atoms with Crippen molar-refractivity contribution in [3.8, 4) is 28.0 Å². The van der Waals surface area contributed by atoms with Crippen molar-refractivity contribution in [1.29, 1.82) is 0 Å². The molecule has 3 aromatic carbocycles. The molecule has 0 spiro atoms. The Balaban J connectivity index is 0.00000156. The minimum Gasteiger partial charge on any atom is -0.507 e. The summed E-state index contributed by atoms with van der Waals surface area (Å²) in [6.45, 7) is 4.54. The molecule has 0 fully saturated rings. The van der Waals surface area contributed by atoms with Crippen LogP contribution in [0.3, 0.4) is 0 Å². The van der Waals surface area contributed by atoms with Crippen LogP contribution in [0.4, 0.5) is 0 Å². The van der Waals surface area contributed by atoms with E-state index >= 15 is 0 Å². The molecule has 0 heterocycles. The molecule has 4 rings (SSSR count). The predicted octanol–water partition coefficient (Wildman–Crippen LogP) is 6.71. The molecular weight excluding hydrogens is 352 g/mol. The fraction of sp³-hybridized carbons (Fsp3) is 0.125. The summed E-state index contributed by atoms with van der Waals surface area (Å²) in [5.74, 6) is 0.329. The summed E-state index contributed by atoms with van der Waals surface area (Å²) in [5, 5.41) is 10.1. The zero-order chi connectivity index (χ0) is 15.3. The SMILES string of the molecule is CC1(C)c2ccccc2-c2ccc(-c3ccccc3O)cc21.[CH3-].[CH3-].[CH3-].[Ti+3]. The van der Waals surface area contributed by atoms with Gasteiger partial charge in [0, 0.05) is 11.0 Å². The van der Waals surface area contributed by atoms with Crippen molar-refractivity contribution >= 4 is 0 Å². The molecule has 0 aromatic heterocycles. The average Bonchev–Trinajstić information content (AvgIpc) is 2.76. The molecule has 3 aromatic rings. The second-order valence-electron chi connectivity index (χ2n) is 6.45. The first-order valence-electron chi connectivity index (χ1n) is 7.62. The van der Waals surface area contributed by atoms with Crippen LogP contribution >= 0.6 is 0 Å². The van der Waals surface area contributed by atoms with Gasteiger partial charge in [-0.3, -0.25) is 0 Å². The molecular formula is C24H27OTi. The Labute approximate surface area is 174 Å². The summed E-state index contributed by atoms with van der Waals surface area (Å²) in [4.78, 5) is 0. The van der Waals surface area contributed by atoms with E-state index in [4.69, 9.17) is 0 Å². The van der Waals surface area contributed by atoms with Crippen LogP contribution in [0.2, 0.25) is 0 Å². The second-order valence-corrected chi connectivity index (χ2v) is 6.45. The van der Waals surface area contributed by atoms with Gasteiger partial charge in [-0.25, -0.2) is 0 Å². The van der Waals surface area contributed by atoms with Crippen LogP contribution in [0.1, 0.15) is 25.0 Å². The van der Waals surface area contributed by atoms with Gasteiger partial charge in [0.25, 0.3) is 0 Å². The molecule has 0 unspecified atom stereocenters. The van der Waals surface area contributed by atoms with Crippen LogP contribution in [0, 0.1) is 22.3 Å². The Kier molecular flexibility index (Phi) is 8.10. The van der Waals surface area contributed by atoms with Crippen LogP contribution in [-0.4, -0.2) is 5.11 Å². The largest absolute Gasteiger partial charge is 3.00 e. The number of benzene rings is 3. The summed E-state index contributed by atoms with van der Waals surface area (Å²) in [5.41, 5.74) is 7.28. The van der Waals surface area contributed by atoms with Crippen LogP contribution in [0.25, 0.3) is 22.3 Å². The summed E-state index contributed by atoms with van der Waals surface area (Å²) < 4.78 is 0.